The van der Waals surface area contributed by atoms with Crippen molar-refractivity contribution in [1.29, 1.82) is 0 Å². The molecule has 0 unspecified atom stereocenters. The van der Waals surface area contributed by atoms with Crippen molar-refractivity contribution in [3.8, 4) is 0 Å². The van der Waals surface area contributed by atoms with E-state index in [2.05, 4.69) is 32.1 Å². The lowest BCUT2D eigenvalue weighted by Crippen LogP contribution is -2.45. The summed E-state index contributed by atoms with van der Waals surface area (Å²) in [6.07, 6.45) is 2.76. The van der Waals surface area contributed by atoms with Crippen molar-refractivity contribution < 1.29 is 9.59 Å². The molecule has 1 aliphatic carbocycles. The first-order chi connectivity index (χ1) is 14.7. The molecule has 2 aromatic rings. The number of ketones is 1. The standard InChI is InChI=1S/C23H29N5O3/c1-23(2)12-18-16(19(29)13-23)11-17(22(31)26-18)21(30)25-14-15-5-4-6-24-20(15)28-9-7-27(3)8-10-28/h4-6,11H,7-10,12-14H2,1-3H3,(H,25,30)(H,26,31). The van der Waals surface area contributed by atoms with Crippen molar-refractivity contribution in [2.75, 3.05) is 38.1 Å². The number of Topliss-reactive ketones (excluding diaryl/α,β-unsaturated/α-hetero) is 1. The number of hydrogen-bond donors (Lipinski definition) is 2. The molecule has 0 radical (unpaired) electrons. The van der Waals surface area contributed by atoms with Crippen LogP contribution in [0.4, 0.5) is 5.82 Å². The van der Waals surface area contributed by atoms with Crippen LogP contribution in [0.3, 0.4) is 0 Å². The largest absolute Gasteiger partial charge is 0.354 e. The van der Waals surface area contributed by atoms with Gasteiger partial charge < -0.3 is 20.1 Å². The number of likely N-dealkylation sites (N-methyl/N-ethyl adjacent to an activating group) is 1. The van der Waals surface area contributed by atoms with Gasteiger partial charge in [-0.1, -0.05) is 19.9 Å². The number of aromatic amines is 1. The number of carbonyl (C=O) groups excluding carboxylic acids is 2. The Bertz CT molecular complexity index is 1070. The molecule has 1 aliphatic heterocycles. The second kappa shape index (κ2) is 8.26. The summed E-state index contributed by atoms with van der Waals surface area (Å²) in [6, 6.07) is 5.22. The molecule has 3 heterocycles. The van der Waals surface area contributed by atoms with Gasteiger partial charge in [-0.2, -0.15) is 0 Å². The summed E-state index contributed by atoms with van der Waals surface area (Å²) in [5.74, 6) is 0.323. The monoisotopic (exact) mass is 423 g/mol. The van der Waals surface area contributed by atoms with Gasteiger partial charge in [0.2, 0.25) is 0 Å². The van der Waals surface area contributed by atoms with Crippen LogP contribution >= 0.6 is 0 Å². The molecular formula is C23H29N5O3. The molecule has 0 saturated carbocycles. The third-order valence-electron chi connectivity index (χ3n) is 6.07. The van der Waals surface area contributed by atoms with Crippen molar-refractivity contribution in [3.05, 3.63) is 57.1 Å². The lowest BCUT2D eigenvalue weighted by atomic mass is 9.75. The molecule has 1 fully saturated rings. The van der Waals surface area contributed by atoms with Crippen molar-refractivity contribution in [2.45, 2.75) is 33.2 Å². The molecule has 1 saturated heterocycles. The zero-order chi connectivity index (χ0) is 22.2. The fourth-order valence-electron chi connectivity index (χ4n) is 4.34. The molecule has 8 heteroatoms. The smallest absolute Gasteiger partial charge is 0.261 e. The third-order valence-corrected chi connectivity index (χ3v) is 6.07. The summed E-state index contributed by atoms with van der Waals surface area (Å²) < 4.78 is 0. The van der Waals surface area contributed by atoms with Crippen molar-refractivity contribution >= 4 is 17.5 Å². The molecule has 0 aromatic carbocycles. The highest BCUT2D eigenvalue weighted by Gasteiger charge is 2.32. The number of pyridine rings is 2. The molecule has 0 spiro atoms. The van der Waals surface area contributed by atoms with E-state index in [1.165, 1.54) is 6.07 Å². The Labute approximate surface area is 181 Å². The average Bonchev–Trinajstić information content (AvgIpc) is 2.71. The maximum Gasteiger partial charge on any atom is 0.261 e. The SMILES string of the molecule is CN1CCN(c2ncccc2CNC(=O)c2cc3c([nH]c2=O)CC(C)(C)CC3=O)CC1. The maximum atomic E-state index is 12.8. The van der Waals surface area contributed by atoms with Crippen LogP contribution in [0, 0.1) is 5.41 Å². The van der Waals surface area contributed by atoms with E-state index in [0.717, 1.165) is 37.6 Å². The number of fused-ring (bicyclic) bond motifs is 1. The predicted octanol–water partition coefficient (Wildman–Crippen LogP) is 1.61. The van der Waals surface area contributed by atoms with Gasteiger partial charge in [0.25, 0.3) is 11.5 Å². The number of nitrogens with zero attached hydrogens (tertiary/aromatic N) is 3. The fraction of sp³-hybridized carbons (Fsp3) is 0.478. The Morgan fingerprint density at radius 1 is 1.19 bits per heavy atom. The van der Waals surface area contributed by atoms with Crippen LogP contribution < -0.4 is 15.8 Å². The van der Waals surface area contributed by atoms with E-state index in [1.54, 1.807) is 6.20 Å². The van der Waals surface area contributed by atoms with Gasteiger partial charge in [0.1, 0.15) is 11.4 Å². The van der Waals surface area contributed by atoms with Crippen LogP contribution in [-0.4, -0.2) is 59.8 Å². The van der Waals surface area contributed by atoms with E-state index in [-0.39, 0.29) is 23.3 Å². The Morgan fingerprint density at radius 3 is 2.68 bits per heavy atom. The number of hydrogen-bond acceptors (Lipinski definition) is 6. The van der Waals surface area contributed by atoms with Gasteiger partial charge in [0.05, 0.1) is 0 Å². The molecule has 1 amide bonds. The average molecular weight is 424 g/mol. The highest BCUT2D eigenvalue weighted by molar-refractivity contribution is 6.02. The van der Waals surface area contributed by atoms with E-state index in [9.17, 15) is 14.4 Å². The summed E-state index contributed by atoms with van der Waals surface area (Å²) in [4.78, 5) is 49.7. The van der Waals surface area contributed by atoms with Gasteiger partial charge >= 0.3 is 0 Å². The second-order valence-electron chi connectivity index (χ2n) is 9.30. The highest BCUT2D eigenvalue weighted by Crippen LogP contribution is 2.33. The molecule has 0 atom stereocenters. The maximum absolute atomic E-state index is 12.8. The van der Waals surface area contributed by atoms with E-state index in [1.807, 2.05) is 26.0 Å². The molecule has 2 N–H and O–H groups in total. The van der Waals surface area contributed by atoms with Gasteiger partial charge in [0.15, 0.2) is 5.78 Å². The Kier molecular flexibility index (Phi) is 5.66. The van der Waals surface area contributed by atoms with Crippen LogP contribution in [0.25, 0.3) is 0 Å². The van der Waals surface area contributed by atoms with Crippen LogP contribution in [0.2, 0.25) is 0 Å². The van der Waals surface area contributed by atoms with Crippen LogP contribution in [0.5, 0.6) is 0 Å². The number of piperazine rings is 1. The number of nitrogens with one attached hydrogen (secondary N) is 2. The van der Waals surface area contributed by atoms with Crippen LogP contribution in [0.15, 0.2) is 29.2 Å². The van der Waals surface area contributed by atoms with Crippen LogP contribution in [0.1, 0.15) is 52.2 Å². The Balaban J connectivity index is 1.51. The van der Waals surface area contributed by atoms with Crippen molar-refractivity contribution in [3.63, 3.8) is 0 Å². The first-order valence-corrected chi connectivity index (χ1v) is 10.7. The molecular weight excluding hydrogens is 394 g/mol. The lowest BCUT2D eigenvalue weighted by Gasteiger charge is -2.34. The zero-order valence-corrected chi connectivity index (χ0v) is 18.3. The third kappa shape index (κ3) is 4.54. The molecule has 8 nitrogen and oxygen atoms in total. The minimum atomic E-state index is -0.491. The Morgan fingerprint density at radius 2 is 1.94 bits per heavy atom. The lowest BCUT2D eigenvalue weighted by molar-refractivity contribution is 0.0910. The minimum absolute atomic E-state index is 0.0307. The predicted molar refractivity (Wildman–Crippen MR) is 119 cm³/mol. The number of carbonyl (C=O) groups is 2. The van der Waals surface area contributed by atoms with E-state index in [4.69, 9.17) is 0 Å². The molecule has 31 heavy (non-hydrogen) atoms. The fourth-order valence-corrected chi connectivity index (χ4v) is 4.34. The van der Waals surface area contributed by atoms with Crippen molar-refractivity contribution in [1.82, 2.24) is 20.2 Å². The second-order valence-corrected chi connectivity index (χ2v) is 9.30. The summed E-state index contributed by atoms with van der Waals surface area (Å²) in [5.41, 5.74) is 1.27. The summed E-state index contributed by atoms with van der Waals surface area (Å²) >= 11 is 0. The molecule has 2 aromatic heterocycles. The van der Waals surface area contributed by atoms with Gasteiger partial charge in [-0.3, -0.25) is 14.4 Å². The summed E-state index contributed by atoms with van der Waals surface area (Å²) in [6.45, 7) is 7.91. The number of rotatable bonds is 4. The Hall–Kier alpha value is -3.00. The number of H-pyrrole nitrogens is 1. The van der Waals surface area contributed by atoms with E-state index >= 15 is 0 Å². The first-order valence-electron chi connectivity index (χ1n) is 10.7. The number of amides is 1. The molecule has 4 rings (SSSR count). The van der Waals surface area contributed by atoms with Gasteiger partial charge in [-0.15, -0.1) is 0 Å². The minimum Gasteiger partial charge on any atom is -0.354 e. The molecule has 0 bridgehead atoms. The highest BCUT2D eigenvalue weighted by atomic mass is 16.2. The summed E-state index contributed by atoms with van der Waals surface area (Å²) in [5, 5.41) is 2.83. The van der Waals surface area contributed by atoms with Crippen molar-refractivity contribution in [2.24, 2.45) is 5.41 Å². The van der Waals surface area contributed by atoms with Gasteiger partial charge in [-0.05, 0) is 31.0 Å². The molecule has 2 aliphatic rings. The molecule has 164 valence electrons. The van der Waals surface area contributed by atoms with Gasteiger partial charge in [-0.25, -0.2) is 4.98 Å². The summed E-state index contributed by atoms with van der Waals surface area (Å²) in [7, 11) is 2.10. The quantitative estimate of drug-likeness (QED) is 0.775. The van der Waals surface area contributed by atoms with Gasteiger partial charge in [0, 0.05) is 62.2 Å². The number of anilines is 1. The topological polar surface area (TPSA) is 98.4 Å². The number of aromatic nitrogens is 2. The van der Waals surface area contributed by atoms with Crippen LogP contribution in [-0.2, 0) is 13.0 Å². The zero-order valence-electron chi connectivity index (χ0n) is 18.3. The van der Waals surface area contributed by atoms with E-state index < -0.39 is 11.5 Å². The normalized spacial score (nSPS) is 18.5. The van der Waals surface area contributed by atoms with E-state index in [0.29, 0.717) is 24.1 Å². The first kappa shape index (κ1) is 21.2.